The summed E-state index contributed by atoms with van der Waals surface area (Å²) in [7, 11) is 0. The SMILES string of the molecule is Cc1nc(CSc2ccccc2C(=O)NCCC2=CCCCC2)no1. The van der Waals surface area contributed by atoms with E-state index in [4.69, 9.17) is 4.52 Å². The van der Waals surface area contributed by atoms with Gasteiger partial charge in [-0.05, 0) is 44.2 Å². The summed E-state index contributed by atoms with van der Waals surface area (Å²) in [5.41, 5.74) is 2.17. The number of rotatable bonds is 7. The summed E-state index contributed by atoms with van der Waals surface area (Å²) < 4.78 is 4.98. The molecule has 0 unspecified atom stereocenters. The van der Waals surface area contributed by atoms with Crippen LogP contribution in [0.3, 0.4) is 0 Å². The van der Waals surface area contributed by atoms with Crippen molar-refractivity contribution in [2.24, 2.45) is 0 Å². The highest BCUT2D eigenvalue weighted by Crippen LogP contribution is 2.25. The lowest BCUT2D eigenvalue weighted by atomic mass is 9.97. The number of nitrogens with one attached hydrogen (secondary N) is 1. The first-order valence-electron chi connectivity index (χ1n) is 8.69. The Hall–Kier alpha value is -2.08. The number of nitrogens with zero attached hydrogens (tertiary/aromatic N) is 2. The normalized spacial score (nSPS) is 14.2. The van der Waals surface area contributed by atoms with Gasteiger partial charge in [-0.1, -0.05) is 28.9 Å². The molecule has 1 aromatic heterocycles. The summed E-state index contributed by atoms with van der Waals surface area (Å²) in [4.78, 5) is 17.7. The Labute approximate surface area is 152 Å². The van der Waals surface area contributed by atoms with Gasteiger partial charge < -0.3 is 9.84 Å². The number of hydrogen-bond donors (Lipinski definition) is 1. The molecule has 0 radical (unpaired) electrons. The van der Waals surface area contributed by atoms with E-state index in [0.717, 1.165) is 11.3 Å². The molecule has 1 N–H and O–H groups in total. The summed E-state index contributed by atoms with van der Waals surface area (Å²) >= 11 is 1.55. The maximum Gasteiger partial charge on any atom is 0.252 e. The van der Waals surface area contributed by atoms with Gasteiger partial charge in [0.2, 0.25) is 5.89 Å². The van der Waals surface area contributed by atoms with E-state index in [0.29, 0.717) is 29.6 Å². The van der Waals surface area contributed by atoms with Crippen LogP contribution in [0.25, 0.3) is 0 Å². The summed E-state index contributed by atoms with van der Waals surface area (Å²) in [5, 5.41) is 6.94. The van der Waals surface area contributed by atoms with Crippen molar-refractivity contribution in [3.8, 4) is 0 Å². The minimum absolute atomic E-state index is 0.0243. The van der Waals surface area contributed by atoms with Gasteiger partial charge in [-0.2, -0.15) is 4.98 Å². The highest BCUT2D eigenvalue weighted by Gasteiger charge is 2.13. The van der Waals surface area contributed by atoms with Crippen molar-refractivity contribution in [1.82, 2.24) is 15.5 Å². The maximum atomic E-state index is 12.5. The second-order valence-corrected chi connectivity index (χ2v) is 7.15. The molecule has 0 saturated carbocycles. The molecule has 1 aliphatic carbocycles. The van der Waals surface area contributed by atoms with Crippen LogP contribution in [0.1, 0.15) is 54.2 Å². The molecule has 0 saturated heterocycles. The van der Waals surface area contributed by atoms with Crippen LogP contribution in [-0.4, -0.2) is 22.6 Å². The first kappa shape index (κ1) is 17.7. The number of aromatic nitrogens is 2. The third kappa shape index (κ3) is 5.19. The number of thioether (sulfide) groups is 1. The van der Waals surface area contributed by atoms with Crippen LogP contribution in [0.15, 0.2) is 45.3 Å². The molecule has 2 aromatic rings. The molecule has 1 aromatic carbocycles. The molecular weight excluding hydrogens is 334 g/mol. The first-order valence-corrected chi connectivity index (χ1v) is 9.68. The van der Waals surface area contributed by atoms with E-state index in [1.807, 2.05) is 24.3 Å². The minimum Gasteiger partial charge on any atom is -0.352 e. The number of aryl methyl sites for hydroxylation is 1. The molecule has 5 nitrogen and oxygen atoms in total. The molecule has 1 amide bonds. The molecule has 6 heteroatoms. The average Bonchev–Trinajstić information content (AvgIpc) is 3.06. The van der Waals surface area contributed by atoms with Crippen molar-refractivity contribution in [2.45, 2.75) is 49.7 Å². The van der Waals surface area contributed by atoms with Gasteiger partial charge in [0.05, 0.1) is 11.3 Å². The summed E-state index contributed by atoms with van der Waals surface area (Å²) in [6, 6.07) is 7.64. The second-order valence-electron chi connectivity index (χ2n) is 6.13. The van der Waals surface area contributed by atoms with Crippen molar-refractivity contribution < 1.29 is 9.32 Å². The number of benzene rings is 1. The summed E-state index contributed by atoms with van der Waals surface area (Å²) in [6.45, 7) is 2.46. The highest BCUT2D eigenvalue weighted by molar-refractivity contribution is 7.98. The zero-order valence-electron chi connectivity index (χ0n) is 14.5. The zero-order chi connectivity index (χ0) is 17.5. The monoisotopic (exact) mass is 357 g/mol. The van der Waals surface area contributed by atoms with Crippen LogP contribution in [0.2, 0.25) is 0 Å². The Morgan fingerprint density at radius 1 is 1.32 bits per heavy atom. The molecule has 3 rings (SSSR count). The lowest BCUT2D eigenvalue weighted by Gasteiger charge is -2.13. The van der Waals surface area contributed by atoms with Crippen molar-refractivity contribution >= 4 is 17.7 Å². The lowest BCUT2D eigenvalue weighted by molar-refractivity contribution is 0.0951. The maximum absolute atomic E-state index is 12.5. The van der Waals surface area contributed by atoms with Gasteiger partial charge in [0.1, 0.15) is 0 Å². The number of amides is 1. The summed E-state index contributed by atoms with van der Waals surface area (Å²) in [5.74, 6) is 1.75. The van der Waals surface area contributed by atoms with E-state index in [9.17, 15) is 4.79 Å². The van der Waals surface area contributed by atoms with E-state index in [1.54, 1.807) is 18.7 Å². The van der Waals surface area contributed by atoms with Gasteiger partial charge in [0.25, 0.3) is 5.91 Å². The topological polar surface area (TPSA) is 68.0 Å². The fourth-order valence-electron chi connectivity index (χ4n) is 2.89. The molecule has 25 heavy (non-hydrogen) atoms. The van der Waals surface area contributed by atoms with E-state index in [2.05, 4.69) is 21.5 Å². The number of allylic oxidation sites excluding steroid dienone is 1. The van der Waals surface area contributed by atoms with Gasteiger partial charge in [-0.25, -0.2) is 0 Å². The molecule has 0 spiro atoms. The highest BCUT2D eigenvalue weighted by atomic mass is 32.2. The van der Waals surface area contributed by atoms with Crippen LogP contribution >= 0.6 is 11.8 Å². The fourth-order valence-corrected chi connectivity index (χ4v) is 3.78. The van der Waals surface area contributed by atoms with E-state index in [1.165, 1.54) is 31.3 Å². The van der Waals surface area contributed by atoms with Crippen molar-refractivity contribution in [3.05, 3.63) is 53.2 Å². The Morgan fingerprint density at radius 2 is 2.20 bits per heavy atom. The van der Waals surface area contributed by atoms with Crippen LogP contribution < -0.4 is 5.32 Å². The van der Waals surface area contributed by atoms with Crippen molar-refractivity contribution in [2.75, 3.05) is 6.54 Å². The van der Waals surface area contributed by atoms with E-state index < -0.39 is 0 Å². The molecule has 132 valence electrons. The molecule has 0 aliphatic heterocycles. The van der Waals surface area contributed by atoms with Crippen LogP contribution in [0.5, 0.6) is 0 Å². The summed E-state index contributed by atoms with van der Waals surface area (Å²) in [6.07, 6.45) is 8.19. The molecule has 1 heterocycles. The van der Waals surface area contributed by atoms with Crippen molar-refractivity contribution in [1.29, 1.82) is 0 Å². The van der Waals surface area contributed by atoms with Crippen molar-refractivity contribution in [3.63, 3.8) is 0 Å². The molecular formula is C19H23N3O2S. The molecule has 0 atom stereocenters. The Kier molecular flexibility index (Phi) is 6.28. The van der Waals surface area contributed by atoms with Gasteiger partial charge in [-0.15, -0.1) is 11.8 Å². The second kappa shape index (κ2) is 8.85. The smallest absolute Gasteiger partial charge is 0.252 e. The average molecular weight is 357 g/mol. The third-order valence-corrected chi connectivity index (χ3v) is 5.24. The van der Waals surface area contributed by atoms with Gasteiger partial charge in [0.15, 0.2) is 5.82 Å². The largest absolute Gasteiger partial charge is 0.352 e. The number of carbonyl (C=O) groups is 1. The number of carbonyl (C=O) groups excluding carboxylic acids is 1. The minimum atomic E-state index is -0.0243. The van der Waals surface area contributed by atoms with Crippen LogP contribution in [-0.2, 0) is 5.75 Å². The Bertz CT molecular complexity index is 755. The molecule has 0 bridgehead atoms. The van der Waals surface area contributed by atoms with Crippen LogP contribution in [0, 0.1) is 6.92 Å². The molecule has 1 aliphatic rings. The quantitative estimate of drug-likeness (QED) is 0.591. The predicted octanol–water partition coefficient (Wildman–Crippen LogP) is 4.29. The zero-order valence-corrected chi connectivity index (χ0v) is 15.3. The van der Waals surface area contributed by atoms with Gasteiger partial charge in [-0.3, -0.25) is 4.79 Å². The third-order valence-electron chi connectivity index (χ3n) is 4.17. The van der Waals surface area contributed by atoms with Crippen LogP contribution in [0.4, 0.5) is 0 Å². The van der Waals surface area contributed by atoms with E-state index in [-0.39, 0.29) is 5.91 Å². The molecule has 0 fully saturated rings. The Morgan fingerprint density at radius 3 is 2.96 bits per heavy atom. The Balaban J connectivity index is 1.55. The van der Waals surface area contributed by atoms with Gasteiger partial charge in [0, 0.05) is 18.4 Å². The van der Waals surface area contributed by atoms with Gasteiger partial charge >= 0.3 is 0 Å². The standard InChI is InChI=1S/C19H23N3O2S/c1-14-21-18(22-24-14)13-25-17-10-6-5-9-16(17)19(23)20-12-11-15-7-3-2-4-8-15/h5-7,9-10H,2-4,8,11-13H2,1H3,(H,20,23). The lowest BCUT2D eigenvalue weighted by Crippen LogP contribution is -2.25. The van der Waals surface area contributed by atoms with E-state index >= 15 is 0 Å². The predicted molar refractivity (Wildman–Crippen MR) is 98.5 cm³/mol. The fraction of sp³-hybridized carbons (Fsp3) is 0.421. The number of hydrogen-bond acceptors (Lipinski definition) is 5. The first-order chi connectivity index (χ1) is 12.2.